The molecule has 0 unspecified atom stereocenters. The summed E-state index contributed by atoms with van der Waals surface area (Å²) in [5, 5.41) is -0.144. The predicted octanol–water partition coefficient (Wildman–Crippen LogP) is 4.95. The second-order valence-electron chi connectivity index (χ2n) is 4.32. The summed E-state index contributed by atoms with van der Waals surface area (Å²) >= 11 is 11.5. The van der Waals surface area contributed by atoms with Gasteiger partial charge in [-0.2, -0.15) is 13.2 Å². The van der Waals surface area contributed by atoms with E-state index in [1.807, 2.05) is 0 Å². The number of pyridine rings is 1. The number of aryl methyl sites for hydroxylation is 1. The molecular weight excluding hydrogens is 326 g/mol. The Morgan fingerprint density at radius 2 is 1.76 bits per heavy atom. The van der Waals surface area contributed by atoms with E-state index in [0.29, 0.717) is 10.6 Å². The third-order valence-corrected chi connectivity index (χ3v) is 3.35. The van der Waals surface area contributed by atoms with Crippen molar-refractivity contribution in [1.29, 1.82) is 0 Å². The summed E-state index contributed by atoms with van der Waals surface area (Å²) < 4.78 is 37.6. The first-order valence-electron chi connectivity index (χ1n) is 5.74. The Bertz CT molecular complexity index is 714. The third kappa shape index (κ3) is 3.36. The lowest BCUT2D eigenvalue weighted by Crippen LogP contribution is -2.11. The molecule has 0 aliphatic rings. The molecule has 1 heterocycles. The molecule has 2 nitrogen and oxygen atoms in total. The van der Waals surface area contributed by atoms with Crippen LogP contribution in [0.15, 0.2) is 30.3 Å². The number of halogens is 5. The fraction of sp³-hybridized carbons (Fsp3) is 0.143. The molecule has 1 aromatic carbocycles. The minimum Gasteiger partial charge on any atom is -0.288 e. The Morgan fingerprint density at radius 1 is 1.10 bits per heavy atom. The van der Waals surface area contributed by atoms with Crippen LogP contribution in [0.3, 0.4) is 0 Å². The largest absolute Gasteiger partial charge is 0.433 e. The molecule has 0 saturated carbocycles. The maximum Gasteiger partial charge on any atom is 0.433 e. The number of benzene rings is 1. The number of carbonyl (C=O) groups is 1. The van der Waals surface area contributed by atoms with E-state index in [1.165, 1.54) is 6.07 Å². The lowest BCUT2D eigenvalue weighted by molar-refractivity contribution is -0.141. The normalized spacial score (nSPS) is 11.5. The minimum atomic E-state index is -4.61. The van der Waals surface area contributed by atoms with Gasteiger partial charge >= 0.3 is 6.18 Å². The SMILES string of the molecule is Cc1ccc(Cl)cc1C(=O)c1ccc(C(F)(F)F)nc1Cl. The second kappa shape index (κ2) is 5.66. The number of carbonyl (C=O) groups excluding carboxylic acids is 1. The Morgan fingerprint density at radius 3 is 2.33 bits per heavy atom. The zero-order valence-corrected chi connectivity index (χ0v) is 12.1. The maximum atomic E-state index is 12.5. The van der Waals surface area contributed by atoms with Gasteiger partial charge in [0.2, 0.25) is 0 Å². The van der Waals surface area contributed by atoms with Gasteiger partial charge in [0, 0.05) is 10.6 Å². The molecule has 0 spiro atoms. The maximum absolute atomic E-state index is 12.5. The summed E-state index contributed by atoms with van der Waals surface area (Å²) in [6.45, 7) is 1.69. The molecule has 2 aromatic rings. The van der Waals surface area contributed by atoms with Gasteiger partial charge in [-0.1, -0.05) is 29.3 Å². The molecule has 0 fully saturated rings. The molecule has 7 heteroatoms. The van der Waals surface area contributed by atoms with Crippen LogP contribution >= 0.6 is 23.2 Å². The first-order chi connectivity index (χ1) is 9.70. The monoisotopic (exact) mass is 333 g/mol. The average Bonchev–Trinajstić information content (AvgIpc) is 2.39. The second-order valence-corrected chi connectivity index (χ2v) is 5.12. The van der Waals surface area contributed by atoms with E-state index in [0.717, 1.165) is 12.1 Å². The molecule has 21 heavy (non-hydrogen) atoms. The Labute approximate surface area is 128 Å². The summed E-state index contributed by atoms with van der Waals surface area (Å²) in [6.07, 6.45) is -4.61. The lowest BCUT2D eigenvalue weighted by atomic mass is 10.00. The lowest BCUT2D eigenvalue weighted by Gasteiger charge is -2.10. The molecule has 110 valence electrons. The van der Waals surface area contributed by atoms with Crippen LogP contribution in [0, 0.1) is 6.92 Å². The smallest absolute Gasteiger partial charge is 0.288 e. The van der Waals surface area contributed by atoms with Gasteiger partial charge in [-0.05, 0) is 36.8 Å². The summed E-state index contributed by atoms with van der Waals surface area (Å²) in [5.74, 6) is -0.527. The number of hydrogen-bond donors (Lipinski definition) is 0. The van der Waals surface area contributed by atoms with E-state index < -0.39 is 22.8 Å². The standard InChI is InChI=1S/C14H8Cl2F3NO/c1-7-2-3-8(15)6-10(7)12(21)9-4-5-11(14(17,18)19)20-13(9)16/h2-6H,1H3. The van der Waals surface area contributed by atoms with Crippen molar-refractivity contribution in [3.63, 3.8) is 0 Å². The van der Waals surface area contributed by atoms with Crippen molar-refractivity contribution in [2.75, 3.05) is 0 Å². The molecule has 0 saturated heterocycles. The van der Waals surface area contributed by atoms with Crippen LogP contribution in [-0.4, -0.2) is 10.8 Å². The van der Waals surface area contributed by atoms with Crippen molar-refractivity contribution in [3.05, 3.63) is 62.9 Å². The predicted molar refractivity (Wildman–Crippen MR) is 73.9 cm³/mol. The van der Waals surface area contributed by atoms with Crippen molar-refractivity contribution in [2.24, 2.45) is 0 Å². The molecule has 0 radical (unpaired) electrons. The first-order valence-corrected chi connectivity index (χ1v) is 6.50. The van der Waals surface area contributed by atoms with Gasteiger partial charge in [0.05, 0.1) is 5.56 Å². The zero-order chi connectivity index (χ0) is 15.8. The quantitative estimate of drug-likeness (QED) is 0.575. The first kappa shape index (κ1) is 15.8. The highest BCUT2D eigenvalue weighted by atomic mass is 35.5. The van der Waals surface area contributed by atoms with E-state index in [-0.39, 0.29) is 11.1 Å². The van der Waals surface area contributed by atoms with Crippen molar-refractivity contribution < 1.29 is 18.0 Å². The molecule has 1 aromatic heterocycles. The van der Waals surface area contributed by atoms with E-state index >= 15 is 0 Å². The van der Waals surface area contributed by atoms with Crippen LogP contribution in [-0.2, 0) is 6.18 Å². The van der Waals surface area contributed by atoms with Crippen LogP contribution in [0.25, 0.3) is 0 Å². The molecule has 0 bridgehead atoms. The summed E-state index contributed by atoms with van der Waals surface area (Å²) in [6, 6.07) is 6.42. The number of nitrogens with zero attached hydrogens (tertiary/aromatic N) is 1. The molecular formula is C14H8Cl2F3NO. The van der Waals surface area contributed by atoms with Gasteiger partial charge in [-0.25, -0.2) is 4.98 Å². The van der Waals surface area contributed by atoms with E-state index in [1.54, 1.807) is 19.1 Å². The summed E-state index contributed by atoms with van der Waals surface area (Å²) in [5.41, 5.74) is -0.340. The van der Waals surface area contributed by atoms with Gasteiger partial charge in [0.15, 0.2) is 5.78 Å². The topological polar surface area (TPSA) is 30.0 Å². The highest BCUT2D eigenvalue weighted by molar-refractivity contribution is 6.34. The molecule has 0 atom stereocenters. The van der Waals surface area contributed by atoms with Gasteiger partial charge in [0.1, 0.15) is 10.8 Å². The van der Waals surface area contributed by atoms with Gasteiger partial charge in [-0.15, -0.1) is 0 Å². The Kier molecular flexibility index (Phi) is 4.25. The van der Waals surface area contributed by atoms with Crippen molar-refractivity contribution in [3.8, 4) is 0 Å². The molecule has 0 aliphatic heterocycles. The van der Waals surface area contributed by atoms with E-state index in [9.17, 15) is 18.0 Å². The van der Waals surface area contributed by atoms with Gasteiger partial charge in [-0.3, -0.25) is 4.79 Å². The summed E-state index contributed by atoms with van der Waals surface area (Å²) in [7, 11) is 0. The fourth-order valence-corrected chi connectivity index (χ4v) is 2.16. The van der Waals surface area contributed by atoms with Crippen LogP contribution in [0.5, 0.6) is 0 Å². The highest BCUT2D eigenvalue weighted by Gasteiger charge is 2.33. The number of ketones is 1. The minimum absolute atomic E-state index is 0.102. The molecule has 0 N–H and O–H groups in total. The van der Waals surface area contributed by atoms with Crippen molar-refractivity contribution >= 4 is 29.0 Å². The zero-order valence-electron chi connectivity index (χ0n) is 10.6. The van der Waals surface area contributed by atoms with Gasteiger partial charge in [0.25, 0.3) is 0 Å². The van der Waals surface area contributed by atoms with Crippen LogP contribution < -0.4 is 0 Å². The average molecular weight is 334 g/mol. The van der Waals surface area contributed by atoms with Crippen molar-refractivity contribution in [2.45, 2.75) is 13.1 Å². The highest BCUT2D eigenvalue weighted by Crippen LogP contribution is 2.30. The van der Waals surface area contributed by atoms with Crippen LogP contribution in [0.4, 0.5) is 13.2 Å². The Hall–Kier alpha value is -1.59. The number of aromatic nitrogens is 1. The Balaban J connectivity index is 2.47. The molecule has 2 rings (SSSR count). The summed E-state index contributed by atoms with van der Waals surface area (Å²) in [4.78, 5) is 15.6. The van der Waals surface area contributed by atoms with Crippen LogP contribution in [0.1, 0.15) is 27.2 Å². The molecule has 0 aliphatic carbocycles. The van der Waals surface area contributed by atoms with E-state index in [2.05, 4.69) is 4.98 Å². The van der Waals surface area contributed by atoms with Gasteiger partial charge < -0.3 is 0 Å². The van der Waals surface area contributed by atoms with Crippen molar-refractivity contribution in [1.82, 2.24) is 4.98 Å². The number of alkyl halides is 3. The third-order valence-electron chi connectivity index (χ3n) is 2.83. The van der Waals surface area contributed by atoms with E-state index in [4.69, 9.17) is 23.2 Å². The number of rotatable bonds is 2. The fourth-order valence-electron chi connectivity index (χ4n) is 1.75. The number of hydrogen-bond acceptors (Lipinski definition) is 2. The molecule has 0 amide bonds. The van der Waals surface area contributed by atoms with Crippen LogP contribution in [0.2, 0.25) is 10.2 Å².